The minimum absolute atomic E-state index is 0. The van der Waals surface area contributed by atoms with Crippen LogP contribution in [0.5, 0.6) is 0 Å². The third-order valence-corrected chi connectivity index (χ3v) is 1.43. The molecule has 0 aromatic heterocycles. The van der Waals surface area contributed by atoms with Crippen molar-refractivity contribution in [2.24, 2.45) is 0 Å². The van der Waals surface area contributed by atoms with E-state index in [2.05, 4.69) is 19.1 Å². The topological polar surface area (TPSA) is 0 Å². The molecule has 0 unspecified atom stereocenters. The zero-order chi connectivity index (χ0) is 8.65. The molecule has 1 aliphatic rings. The van der Waals surface area contributed by atoms with E-state index >= 15 is 0 Å². The molecule has 0 aliphatic heterocycles. The third kappa shape index (κ3) is 11.4. The summed E-state index contributed by atoms with van der Waals surface area (Å²) >= 11 is 0. The maximum absolute atomic E-state index is 3.72. The Morgan fingerprint density at radius 2 is 1.67 bits per heavy atom. The Morgan fingerprint density at radius 3 is 1.87 bits per heavy atom. The standard InChI is InChI=1S/C7H7.C5H5.2CH3.Hf/c1-7-5-3-2-4-6-7;1-2-4-5-3-1;;;/h2-6H,1H2;1-3H,4H2;2*1H3;/q4*-1;+4. The molecule has 0 radical (unpaired) electrons. The van der Waals surface area contributed by atoms with Crippen LogP contribution in [0.25, 0.3) is 0 Å². The van der Waals surface area contributed by atoms with Crippen LogP contribution in [0, 0.1) is 27.9 Å². The SMILES string of the molecule is [C-]1=CC=CC1.[CH2-]c1ccccc1.[CH3-].[CH3-].[Hf+4]. The van der Waals surface area contributed by atoms with Crippen molar-refractivity contribution in [2.75, 3.05) is 0 Å². The van der Waals surface area contributed by atoms with Gasteiger partial charge in [0.05, 0.1) is 0 Å². The van der Waals surface area contributed by atoms with Gasteiger partial charge in [0, 0.05) is 0 Å². The van der Waals surface area contributed by atoms with Crippen molar-refractivity contribution >= 4 is 0 Å². The largest absolute Gasteiger partial charge is 4.00 e. The van der Waals surface area contributed by atoms with E-state index in [1.165, 1.54) is 0 Å². The van der Waals surface area contributed by atoms with Crippen LogP contribution in [0.3, 0.4) is 0 Å². The molecule has 1 aliphatic carbocycles. The zero-order valence-electron chi connectivity index (χ0n) is 9.53. The monoisotopic (exact) mass is 366 g/mol. The van der Waals surface area contributed by atoms with Crippen LogP contribution >= 0.6 is 0 Å². The molecule has 0 atom stereocenters. The average Bonchev–Trinajstić information content (AvgIpc) is 2.62. The van der Waals surface area contributed by atoms with E-state index in [1.54, 1.807) is 0 Å². The predicted octanol–water partition coefficient (Wildman–Crippen LogP) is 4.07. The molecule has 0 saturated carbocycles. The minimum Gasteiger partial charge on any atom is -0.358 e. The molecule has 1 aromatic rings. The number of allylic oxidation sites excluding steroid dienone is 4. The van der Waals surface area contributed by atoms with Gasteiger partial charge in [0.15, 0.2) is 0 Å². The van der Waals surface area contributed by atoms with Crippen molar-refractivity contribution in [3.63, 3.8) is 0 Å². The molecular formula is C14H18Hf. The third-order valence-electron chi connectivity index (χ3n) is 1.43. The molecule has 2 rings (SSSR count). The van der Waals surface area contributed by atoms with E-state index in [0.29, 0.717) is 0 Å². The average molecular weight is 365 g/mol. The molecule has 15 heavy (non-hydrogen) atoms. The number of benzene rings is 1. The second-order valence-corrected chi connectivity index (χ2v) is 2.49. The number of hydrogen-bond donors (Lipinski definition) is 0. The zero-order valence-corrected chi connectivity index (χ0v) is 13.1. The Labute approximate surface area is 114 Å². The Morgan fingerprint density at radius 1 is 1.07 bits per heavy atom. The molecule has 78 valence electrons. The van der Waals surface area contributed by atoms with Gasteiger partial charge >= 0.3 is 25.8 Å². The second-order valence-electron chi connectivity index (χ2n) is 2.49. The molecule has 1 heteroatoms. The van der Waals surface area contributed by atoms with Crippen molar-refractivity contribution in [3.05, 3.63) is 82.0 Å². The summed E-state index contributed by atoms with van der Waals surface area (Å²) in [5.74, 6) is 0. The summed E-state index contributed by atoms with van der Waals surface area (Å²) < 4.78 is 0. The van der Waals surface area contributed by atoms with Gasteiger partial charge in [-0.2, -0.15) is 30.7 Å². The molecule has 0 spiro atoms. The second kappa shape index (κ2) is 13.4. The van der Waals surface area contributed by atoms with E-state index in [-0.39, 0.29) is 40.7 Å². The Balaban J connectivity index is -0.000000165. The fourth-order valence-corrected chi connectivity index (χ4v) is 0.818. The summed E-state index contributed by atoms with van der Waals surface area (Å²) in [5, 5.41) is 0. The summed E-state index contributed by atoms with van der Waals surface area (Å²) in [6, 6.07) is 9.87. The van der Waals surface area contributed by atoms with Gasteiger partial charge in [-0.25, -0.2) is 12.2 Å². The molecule has 0 nitrogen and oxygen atoms in total. The van der Waals surface area contributed by atoms with Crippen LogP contribution in [0.4, 0.5) is 0 Å². The molecule has 1 aromatic carbocycles. The van der Waals surface area contributed by atoms with Crippen LogP contribution in [0.2, 0.25) is 0 Å². The summed E-state index contributed by atoms with van der Waals surface area (Å²) in [5.41, 5.74) is 1.07. The van der Waals surface area contributed by atoms with Crippen molar-refractivity contribution in [1.29, 1.82) is 0 Å². The van der Waals surface area contributed by atoms with Crippen molar-refractivity contribution in [2.45, 2.75) is 6.42 Å². The number of rotatable bonds is 0. The maximum atomic E-state index is 3.72. The maximum Gasteiger partial charge on any atom is 4.00 e. The van der Waals surface area contributed by atoms with Gasteiger partial charge in [-0.15, -0.1) is 18.6 Å². The molecule has 0 fully saturated rings. The normalized spacial score (nSPS) is 9.87. The predicted molar refractivity (Wildman–Crippen MR) is 65.3 cm³/mol. The van der Waals surface area contributed by atoms with Gasteiger partial charge in [-0.1, -0.05) is 6.07 Å². The first kappa shape index (κ1) is 19.9. The van der Waals surface area contributed by atoms with Gasteiger partial charge in [-0.3, -0.25) is 6.08 Å². The summed E-state index contributed by atoms with van der Waals surface area (Å²) in [6.07, 6.45) is 10.0. The van der Waals surface area contributed by atoms with E-state index in [0.717, 1.165) is 12.0 Å². The van der Waals surface area contributed by atoms with Crippen molar-refractivity contribution in [3.8, 4) is 0 Å². The Bertz CT molecular complexity index is 250. The van der Waals surface area contributed by atoms with E-state index in [9.17, 15) is 0 Å². The molecule has 0 bridgehead atoms. The van der Waals surface area contributed by atoms with E-state index in [4.69, 9.17) is 0 Å². The molecule has 0 saturated heterocycles. The van der Waals surface area contributed by atoms with Crippen LogP contribution in [0.1, 0.15) is 12.0 Å². The van der Waals surface area contributed by atoms with Gasteiger partial charge < -0.3 is 14.9 Å². The van der Waals surface area contributed by atoms with E-state index in [1.807, 2.05) is 42.5 Å². The first-order chi connectivity index (χ1) is 5.89. The summed E-state index contributed by atoms with van der Waals surface area (Å²) in [7, 11) is 0. The first-order valence-corrected chi connectivity index (χ1v) is 3.98. The van der Waals surface area contributed by atoms with Gasteiger partial charge in [0.25, 0.3) is 0 Å². The van der Waals surface area contributed by atoms with Gasteiger partial charge in [-0.05, 0) is 0 Å². The van der Waals surface area contributed by atoms with E-state index < -0.39 is 0 Å². The quantitative estimate of drug-likeness (QED) is 0.481. The first-order valence-electron chi connectivity index (χ1n) is 3.98. The van der Waals surface area contributed by atoms with Crippen LogP contribution < -0.4 is 0 Å². The Kier molecular flexibility index (Phi) is 17.9. The molecule has 0 amide bonds. The summed E-state index contributed by atoms with van der Waals surface area (Å²) in [6.45, 7) is 3.72. The van der Waals surface area contributed by atoms with Crippen LogP contribution in [-0.4, -0.2) is 0 Å². The van der Waals surface area contributed by atoms with Crippen LogP contribution in [-0.2, 0) is 25.8 Å². The molecule has 0 N–H and O–H groups in total. The molecule has 0 heterocycles. The smallest absolute Gasteiger partial charge is 0.358 e. The fraction of sp³-hybridized carbons (Fsp3) is 0.0714. The van der Waals surface area contributed by atoms with Gasteiger partial charge in [0.1, 0.15) is 0 Å². The molecular weight excluding hydrogens is 347 g/mol. The summed E-state index contributed by atoms with van der Waals surface area (Å²) in [4.78, 5) is 0. The fourth-order valence-electron chi connectivity index (χ4n) is 0.818. The minimum atomic E-state index is 0. The van der Waals surface area contributed by atoms with Crippen LogP contribution in [0.15, 0.2) is 48.6 Å². The van der Waals surface area contributed by atoms with Gasteiger partial charge in [0.2, 0.25) is 0 Å². The van der Waals surface area contributed by atoms with Crippen molar-refractivity contribution in [1.82, 2.24) is 0 Å². The van der Waals surface area contributed by atoms with Crippen molar-refractivity contribution < 1.29 is 25.8 Å². The number of hydrogen-bond acceptors (Lipinski definition) is 0. The Hall–Kier alpha value is -0.560.